The third-order valence-electron chi connectivity index (χ3n) is 5.74. The lowest BCUT2D eigenvalue weighted by atomic mass is 10.1. The molecule has 0 bridgehead atoms. The van der Waals surface area contributed by atoms with Crippen molar-refractivity contribution in [3.8, 4) is 0 Å². The number of piperazine rings is 1. The first-order chi connectivity index (χ1) is 14.9. The van der Waals surface area contributed by atoms with Gasteiger partial charge in [0.15, 0.2) is 11.6 Å². The molecule has 0 saturated carbocycles. The molecule has 31 heavy (non-hydrogen) atoms. The summed E-state index contributed by atoms with van der Waals surface area (Å²) in [4.78, 5) is 42.3. The Kier molecular flexibility index (Phi) is 5.97. The van der Waals surface area contributed by atoms with E-state index in [0.717, 1.165) is 30.7 Å². The van der Waals surface area contributed by atoms with Crippen molar-refractivity contribution in [1.29, 1.82) is 0 Å². The minimum Gasteiger partial charge on any atom is -0.338 e. The molecule has 4 rings (SSSR count). The molecule has 0 spiro atoms. The van der Waals surface area contributed by atoms with Crippen LogP contribution in [0, 0.1) is 11.6 Å². The Hall–Kier alpha value is -3.29. The molecule has 0 N–H and O–H groups in total. The van der Waals surface area contributed by atoms with Crippen LogP contribution in [0.4, 0.5) is 8.78 Å². The quantitative estimate of drug-likeness (QED) is 0.754. The molecule has 0 aliphatic carbocycles. The number of hydrogen-bond donors (Lipinski definition) is 0. The fourth-order valence-electron chi connectivity index (χ4n) is 4.00. The summed E-state index contributed by atoms with van der Waals surface area (Å²) < 4.78 is 26.5. The molecule has 2 saturated heterocycles. The van der Waals surface area contributed by atoms with Crippen LogP contribution >= 0.6 is 0 Å². The summed E-state index contributed by atoms with van der Waals surface area (Å²) in [6.07, 6.45) is 1.44. The molecule has 3 amide bonds. The third-order valence-corrected chi connectivity index (χ3v) is 5.74. The van der Waals surface area contributed by atoms with Crippen molar-refractivity contribution in [2.45, 2.75) is 19.4 Å². The number of halogens is 2. The normalized spacial score (nSPS) is 16.7. The van der Waals surface area contributed by atoms with E-state index in [4.69, 9.17) is 0 Å². The summed E-state index contributed by atoms with van der Waals surface area (Å²) in [5.41, 5.74) is 1.54. The fourth-order valence-corrected chi connectivity index (χ4v) is 4.00. The number of rotatable bonds is 4. The van der Waals surface area contributed by atoms with Gasteiger partial charge in [0, 0.05) is 56.8 Å². The third kappa shape index (κ3) is 4.57. The second kappa shape index (κ2) is 8.83. The number of nitrogens with zero attached hydrogens (tertiary/aromatic N) is 3. The van der Waals surface area contributed by atoms with Crippen molar-refractivity contribution in [1.82, 2.24) is 14.7 Å². The van der Waals surface area contributed by atoms with Gasteiger partial charge >= 0.3 is 0 Å². The molecule has 162 valence electrons. The van der Waals surface area contributed by atoms with E-state index in [2.05, 4.69) is 0 Å². The highest BCUT2D eigenvalue weighted by atomic mass is 19.2. The van der Waals surface area contributed by atoms with Crippen LogP contribution in [0.5, 0.6) is 0 Å². The van der Waals surface area contributed by atoms with Crippen molar-refractivity contribution in [3.63, 3.8) is 0 Å². The number of amides is 3. The topological polar surface area (TPSA) is 60.9 Å². The van der Waals surface area contributed by atoms with Gasteiger partial charge < -0.3 is 14.7 Å². The van der Waals surface area contributed by atoms with E-state index in [9.17, 15) is 23.2 Å². The van der Waals surface area contributed by atoms with Gasteiger partial charge in [-0.05, 0) is 42.3 Å². The molecule has 2 heterocycles. The molecular formula is C23H23F2N3O3. The first-order valence-electron chi connectivity index (χ1n) is 10.3. The highest BCUT2D eigenvalue weighted by molar-refractivity contribution is 5.96. The Balaban J connectivity index is 1.37. The van der Waals surface area contributed by atoms with Crippen LogP contribution < -0.4 is 0 Å². The van der Waals surface area contributed by atoms with Crippen LogP contribution in [0.3, 0.4) is 0 Å². The minimum absolute atomic E-state index is 0.0860. The molecule has 6 nitrogen and oxygen atoms in total. The number of carbonyl (C=O) groups excluding carboxylic acids is 3. The van der Waals surface area contributed by atoms with Crippen molar-refractivity contribution in [2.75, 3.05) is 32.7 Å². The van der Waals surface area contributed by atoms with E-state index in [1.807, 2.05) is 18.2 Å². The van der Waals surface area contributed by atoms with E-state index in [-0.39, 0.29) is 23.3 Å². The monoisotopic (exact) mass is 427 g/mol. The lowest BCUT2D eigenvalue weighted by Crippen LogP contribution is -2.50. The second-order valence-electron chi connectivity index (χ2n) is 7.83. The van der Waals surface area contributed by atoms with Crippen LogP contribution in [0.25, 0.3) is 0 Å². The molecule has 2 aromatic rings. The number of likely N-dealkylation sites (tertiary alicyclic amines) is 1. The molecule has 2 aromatic carbocycles. The minimum atomic E-state index is -1.06. The zero-order valence-corrected chi connectivity index (χ0v) is 17.0. The summed E-state index contributed by atoms with van der Waals surface area (Å²) in [5, 5.41) is 0. The maximum atomic E-state index is 13.4. The van der Waals surface area contributed by atoms with Crippen LogP contribution in [-0.2, 0) is 11.3 Å². The fraction of sp³-hybridized carbons (Fsp3) is 0.348. The summed E-state index contributed by atoms with van der Waals surface area (Å²) in [5.74, 6) is -2.44. The molecule has 0 unspecified atom stereocenters. The van der Waals surface area contributed by atoms with Gasteiger partial charge in [-0.2, -0.15) is 0 Å². The summed E-state index contributed by atoms with van der Waals surface area (Å²) in [6, 6.07) is 10.4. The predicted molar refractivity (Wildman–Crippen MR) is 109 cm³/mol. The molecule has 0 atom stereocenters. The van der Waals surface area contributed by atoms with Crippen molar-refractivity contribution < 1.29 is 23.2 Å². The van der Waals surface area contributed by atoms with Crippen molar-refractivity contribution >= 4 is 17.7 Å². The van der Waals surface area contributed by atoms with Crippen LogP contribution in [0.15, 0.2) is 42.5 Å². The number of carbonyl (C=O) groups is 3. The molecule has 8 heteroatoms. The zero-order valence-electron chi connectivity index (χ0n) is 17.0. The van der Waals surface area contributed by atoms with Crippen LogP contribution in [-0.4, -0.2) is 65.1 Å². The Labute approximate surface area is 179 Å². The predicted octanol–water partition coefficient (Wildman–Crippen LogP) is 2.69. The summed E-state index contributed by atoms with van der Waals surface area (Å²) in [6.45, 7) is 2.56. The number of hydrogen-bond acceptors (Lipinski definition) is 3. The van der Waals surface area contributed by atoms with E-state index >= 15 is 0 Å². The molecular weight excluding hydrogens is 404 g/mol. The van der Waals surface area contributed by atoms with Gasteiger partial charge in [0.2, 0.25) is 5.91 Å². The highest BCUT2D eigenvalue weighted by Gasteiger charge is 2.26. The molecule has 2 fully saturated rings. The first-order valence-corrected chi connectivity index (χ1v) is 10.3. The largest absolute Gasteiger partial charge is 0.338 e. The van der Waals surface area contributed by atoms with Gasteiger partial charge in [-0.1, -0.05) is 12.1 Å². The lowest BCUT2D eigenvalue weighted by molar-refractivity contribution is -0.128. The van der Waals surface area contributed by atoms with Crippen LogP contribution in [0.1, 0.15) is 39.1 Å². The zero-order chi connectivity index (χ0) is 22.0. The highest BCUT2D eigenvalue weighted by Crippen LogP contribution is 2.18. The van der Waals surface area contributed by atoms with Gasteiger partial charge in [-0.25, -0.2) is 8.78 Å². The SMILES string of the molecule is O=C1CCCN1Cc1cccc(C(=O)N2CCN(C(=O)c3ccc(F)c(F)c3)CC2)c1. The van der Waals surface area contributed by atoms with E-state index < -0.39 is 11.6 Å². The van der Waals surface area contributed by atoms with Crippen molar-refractivity contribution in [3.05, 3.63) is 70.8 Å². The van der Waals surface area contributed by atoms with Gasteiger partial charge in [0.1, 0.15) is 0 Å². The average Bonchev–Trinajstić information content (AvgIpc) is 3.19. The lowest BCUT2D eigenvalue weighted by Gasteiger charge is -2.35. The molecule has 2 aliphatic rings. The molecule has 2 aliphatic heterocycles. The van der Waals surface area contributed by atoms with Crippen molar-refractivity contribution in [2.24, 2.45) is 0 Å². The standard InChI is InChI=1S/C23H23F2N3O3/c24-19-7-6-18(14-20(19)25)23(31)27-11-9-26(10-12-27)22(30)17-4-1-3-16(13-17)15-28-8-2-5-21(28)29/h1,3-4,6-7,13-14H,2,5,8-12,15H2. The van der Waals surface area contributed by atoms with E-state index in [0.29, 0.717) is 44.7 Å². The average molecular weight is 427 g/mol. The maximum Gasteiger partial charge on any atom is 0.254 e. The van der Waals surface area contributed by atoms with Gasteiger partial charge in [-0.15, -0.1) is 0 Å². The Morgan fingerprint density at radius 2 is 1.45 bits per heavy atom. The smallest absolute Gasteiger partial charge is 0.254 e. The maximum absolute atomic E-state index is 13.4. The van der Waals surface area contributed by atoms with Crippen LogP contribution in [0.2, 0.25) is 0 Å². The number of benzene rings is 2. The van der Waals surface area contributed by atoms with E-state index in [1.54, 1.807) is 15.9 Å². The summed E-state index contributed by atoms with van der Waals surface area (Å²) >= 11 is 0. The Morgan fingerprint density at radius 1 is 0.806 bits per heavy atom. The van der Waals surface area contributed by atoms with Gasteiger partial charge in [0.05, 0.1) is 0 Å². The Bertz CT molecular complexity index is 1020. The first kappa shape index (κ1) is 21.0. The van der Waals surface area contributed by atoms with Gasteiger partial charge in [-0.3, -0.25) is 14.4 Å². The van der Waals surface area contributed by atoms with E-state index in [1.165, 1.54) is 11.0 Å². The summed E-state index contributed by atoms with van der Waals surface area (Å²) in [7, 11) is 0. The second-order valence-corrected chi connectivity index (χ2v) is 7.83. The molecule has 0 aromatic heterocycles. The van der Waals surface area contributed by atoms with Gasteiger partial charge in [0.25, 0.3) is 11.8 Å². The Morgan fingerprint density at radius 3 is 2.03 bits per heavy atom. The molecule has 0 radical (unpaired) electrons.